The van der Waals surface area contributed by atoms with Gasteiger partial charge in [0.1, 0.15) is 5.82 Å². The number of likely N-dealkylation sites (tertiary alicyclic amines) is 1. The number of aromatic nitrogens is 2. The molecule has 2 heterocycles. The number of amides is 1. The van der Waals surface area contributed by atoms with E-state index in [9.17, 15) is 14.3 Å². The van der Waals surface area contributed by atoms with Crippen LogP contribution in [0, 0.1) is 12.7 Å². The zero-order chi connectivity index (χ0) is 15.9. The molecule has 1 aromatic carbocycles. The van der Waals surface area contributed by atoms with E-state index in [1.54, 1.807) is 17.9 Å². The van der Waals surface area contributed by atoms with Crippen LogP contribution in [0.5, 0.6) is 5.75 Å². The minimum Gasteiger partial charge on any atom is -0.504 e. The summed E-state index contributed by atoms with van der Waals surface area (Å²) in [6, 6.07) is 4.20. The average molecular weight is 304 g/mol. The number of benzene rings is 1. The smallest absolute Gasteiger partial charge is 0.278 e. The summed E-state index contributed by atoms with van der Waals surface area (Å²) in [7, 11) is 0. The summed E-state index contributed by atoms with van der Waals surface area (Å²) in [5.41, 5.74) is 7.04. The van der Waals surface area contributed by atoms with Gasteiger partial charge in [0.2, 0.25) is 0 Å². The number of carbonyl (C=O) groups excluding carboxylic acids is 1. The highest BCUT2D eigenvalue weighted by Crippen LogP contribution is 2.23. The number of halogens is 1. The molecule has 1 amide bonds. The largest absolute Gasteiger partial charge is 0.504 e. The van der Waals surface area contributed by atoms with E-state index >= 15 is 0 Å². The number of hydrogen-bond acceptors (Lipinski definition) is 4. The highest BCUT2D eigenvalue weighted by Gasteiger charge is 2.28. The molecule has 0 radical (unpaired) electrons. The fourth-order valence-electron chi connectivity index (χ4n) is 2.64. The number of rotatable bonds is 2. The van der Waals surface area contributed by atoms with Gasteiger partial charge >= 0.3 is 0 Å². The Kier molecular flexibility index (Phi) is 3.58. The van der Waals surface area contributed by atoms with Crippen molar-refractivity contribution < 1.29 is 14.3 Å². The lowest BCUT2D eigenvalue weighted by Gasteiger charge is -2.14. The van der Waals surface area contributed by atoms with Crippen LogP contribution in [0.15, 0.2) is 24.4 Å². The lowest BCUT2D eigenvalue weighted by Crippen LogP contribution is -2.32. The Morgan fingerprint density at radius 2 is 2.27 bits per heavy atom. The predicted molar refractivity (Wildman–Crippen MR) is 78.4 cm³/mol. The van der Waals surface area contributed by atoms with Gasteiger partial charge in [0.05, 0.1) is 11.9 Å². The summed E-state index contributed by atoms with van der Waals surface area (Å²) < 4.78 is 14.5. The van der Waals surface area contributed by atoms with Gasteiger partial charge in [0.25, 0.3) is 5.91 Å². The highest BCUT2D eigenvalue weighted by atomic mass is 19.1. The van der Waals surface area contributed by atoms with Gasteiger partial charge < -0.3 is 15.7 Å². The van der Waals surface area contributed by atoms with E-state index in [4.69, 9.17) is 5.73 Å². The Morgan fingerprint density at radius 1 is 1.50 bits per heavy atom. The molecule has 1 saturated heterocycles. The summed E-state index contributed by atoms with van der Waals surface area (Å²) in [5, 5.41) is 14.2. The van der Waals surface area contributed by atoms with Gasteiger partial charge in [-0.2, -0.15) is 5.10 Å². The van der Waals surface area contributed by atoms with Gasteiger partial charge in [0, 0.05) is 19.1 Å². The van der Waals surface area contributed by atoms with Crippen molar-refractivity contribution in [3.8, 4) is 11.4 Å². The number of nitrogens with two attached hydrogens (primary N) is 1. The van der Waals surface area contributed by atoms with E-state index in [-0.39, 0.29) is 29.2 Å². The van der Waals surface area contributed by atoms with Gasteiger partial charge in [-0.15, -0.1) is 0 Å². The normalized spacial score (nSPS) is 18.0. The molecule has 0 aliphatic carbocycles. The third-order valence-electron chi connectivity index (χ3n) is 3.82. The number of carbonyl (C=O) groups is 1. The van der Waals surface area contributed by atoms with Crippen LogP contribution in [-0.4, -0.2) is 44.8 Å². The molecule has 0 bridgehead atoms. The van der Waals surface area contributed by atoms with Crippen LogP contribution in [0.25, 0.3) is 5.69 Å². The maximum atomic E-state index is 13.2. The van der Waals surface area contributed by atoms with Gasteiger partial charge in [-0.1, -0.05) is 0 Å². The third kappa shape index (κ3) is 2.55. The second-order valence-corrected chi connectivity index (χ2v) is 5.54. The molecule has 0 spiro atoms. The molecule has 1 fully saturated rings. The number of nitrogens with zero attached hydrogens (tertiary/aromatic N) is 3. The quantitative estimate of drug-likeness (QED) is 0.873. The molecule has 1 aliphatic heterocycles. The fourth-order valence-corrected chi connectivity index (χ4v) is 2.64. The zero-order valence-corrected chi connectivity index (χ0v) is 12.2. The number of aryl methyl sites for hydroxylation is 1. The van der Waals surface area contributed by atoms with Crippen molar-refractivity contribution in [1.82, 2.24) is 14.7 Å². The molecule has 7 heteroatoms. The van der Waals surface area contributed by atoms with Crippen molar-refractivity contribution >= 4 is 5.91 Å². The molecule has 1 aromatic heterocycles. The van der Waals surface area contributed by atoms with Crippen LogP contribution in [0.1, 0.15) is 22.5 Å². The van der Waals surface area contributed by atoms with Crippen LogP contribution in [-0.2, 0) is 0 Å². The minimum absolute atomic E-state index is 0.0159. The fraction of sp³-hybridized carbons (Fsp3) is 0.333. The first-order valence-electron chi connectivity index (χ1n) is 7.05. The summed E-state index contributed by atoms with van der Waals surface area (Å²) in [4.78, 5) is 13.9. The standard InChI is InChI=1S/C15H17FN4O2/c1-9-6-10(16)2-3-12(9)20-8-13(21)14(18-20)15(22)19-5-4-11(17)7-19/h2-3,6,8,11,21H,4-5,7,17H2,1H3/t11-/m1/s1. The molecule has 2 aromatic rings. The maximum Gasteiger partial charge on any atom is 0.278 e. The summed E-state index contributed by atoms with van der Waals surface area (Å²) in [6.45, 7) is 2.75. The Bertz CT molecular complexity index is 728. The summed E-state index contributed by atoms with van der Waals surface area (Å²) in [5.74, 6) is -0.891. The second kappa shape index (κ2) is 5.42. The number of aromatic hydroxyl groups is 1. The first kappa shape index (κ1) is 14.5. The molecule has 116 valence electrons. The first-order valence-corrected chi connectivity index (χ1v) is 7.05. The van der Waals surface area contributed by atoms with Crippen LogP contribution in [0.2, 0.25) is 0 Å². The van der Waals surface area contributed by atoms with Crippen molar-refractivity contribution in [2.75, 3.05) is 13.1 Å². The summed E-state index contributed by atoms with van der Waals surface area (Å²) in [6.07, 6.45) is 2.09. The van der Waals surface area contributed by atoms with E-state index in [2.05, 4.69) is 5.10 Å². The summed E-state index contributed by atoms with van der Waals surface area (Å²) >= 11 is 0. The van der Waals surface area contributed by atoms with Crippen LogP contribution in [0.3, 0.4) is 0 Å². The van der Waals surface area contributed by atoms with E-state index < -0.39 is 0 Å². The molecule has 3 rings (SSSR count). The van der Waals surface area contributed by atoms with Crippen molar-refractivity contribution in [3.05, 3.63) is 41.5 Å². The van der Waals surface area contributed by atoms with Crippen molar-refractivity contribution in [1.29, 1.82) is 0 Å². The van der Waals surface area contributed by atoms with Gasteiger partial charge in [-0.05, 0) is 37.1 Å². The van der Waals surface area contributed by atoms with Crippen LogP contribution < -0.4 is 5.73 Å². The molecule has 6 nitrogen and oxygen atoms in total. The first-order chi connectivity index (χ1) is 10.5. The van der Waals surface area contributed by atoms with Crippen molar-refractivity contribution in [2.24, 2.45) is 5.73 Å². The minimum atomic E-state index is -0.347. The molecular formula is C15H17FN4O2. The van der Waals surface area contributed by atoms with Crippen molar-refractivity contribution in [2.45, 2.75) is 19.4 Å². The van der Waals surface area contributed by atoms with Gasteiger partial charge in [0.15, 0.2) is 11.4 Å². The van der Waals surface area contributed by atoms with Gasteiger partial charge in [-0.25, -0.2) is 9.07 Å². The Hall–Kier alpha value is -2.41. The van der Waals surface area contributed by atoms with Gasteiger partial charge in [-0.3, -0.25) is 4.79 Å². The van der Waals surface area contributed by atoms with Crippen LogP contribution in [0.4, 0.5) is 4.39 Å². The molecule has 1 atom stereocenters. The lowest BCUT2D eigenvalue weighted by molar-refractivity contribution is 0.0781. The molecule has 0 saturated carbocycles. The molecule has 3 N–H and O–H groups in total. The average Bonchev–Trinajstić information content (AvgIpc) is 3.04. The van der Waals surface area contributed by atoms with Crippen molar-refractivity contribution in [3.63, 3.8) is 0 Å². The SMILES string of the molecule is Cc1cc(F)ccc1-n1cc(O)c(C(=O)N2CC[C@@H](N)C2)n1. The van der Waals surface area contributed by atoms with E-state index in [1.807, 2.05) is 0 Å². The lowest BCUT2D eigenvalue weighted by atomic mass is 10.2. The Balaban J connectivity index is 1.92. The molecule has 22 heavy (non-hydrogen) atoms. The van der Waals surface area contributed by atoms with E-state index in [1.165, 1.54) is 23.0 Å². The Morgan fingerprint density at radius 3 is 2.91 bits per heavy atom. The maximum absolute atomic E-state index is 13.2. The van der Waals surface area contributed by atoms with E-state index in [0.29, 0.717) is 24.3 Å². The number of hydrogen-bond donors (Lipinski definition) is 2. The monoisotopic (exact) mass is 304 g/mol. The molecular weight excluding hydrogens is 287 g/mol. The second-order valence-electron chi connectivity index (χ2n) is 5.54. The zero-order valence-electron chi connectivity index (χ0n) is 12.2. The molecule has 1 aliphatic rings. The topological polar surface area (TPSA) is 84.4 Å². The van der Waals surface area contributed by atoms with Crippen LogP contribution >= 0.6 is 0 Å². The van der Waals surface area contributed by atoms with E-state index in [0.717, 1.165) is 6.42 Å². The predicted octanol–water partition coefficient (Wildman–Crippen LogP) is 1.20. The molecule has 0 unspecified atom stereocenters. The Labute approximate surface area is 127 Å². The third-order valence-corrected chi connectivity index (χ3v) is 3.82. The highest BCUT2D eigenvalue weighted by molar-refractivity contribution is 5.95.